The highest BCUT2D eigenvalue weighted by Gasteiger charge is 2.48. The van der Waals surface area contributed by atoms with Gasteiger partial charge in [-0.25, -0.2) is 0 Å². The molecule has 3 heterocycles. The lowest BCUT2D eigenvalue weighted by Crippen LogP contribution is -2.53. The van der Waals surface area contributed by atoms with Crippen LogP contribution < -0.4 is 27.0 Å². The third kappa shape index (κ3) is 5.60. The predicted octanol–water partition coefficient (Wildman–Crippen LogP) is -2.64. The maximum atomic E-state index is 12.2. The molecule has 0 aromatic heterocycles. The van der Waals surface area contributed by atoms with Crippen molar-refractivity contribution in [3.05, 3.63) is 0 Å². The van der Waals surface area contributed by atoms with Crippen molar-refractivity contribution in [2.24, 2.45) is 5.73 Å². The van der Waals surface area contributed by atoms with Crippen LogP contribution in [0.15, 0.2) is 0 Å². The number of nitrogens with zero attached hydrogens (tertiary/aromatic N) is 2. The number of carbonyl (C=O) groups excluding carboxylic acids is 1. The van der Waals surface area contributed by atoms with Crippen molar-refractivity contribution in [2.75, 3.05) is 72.0 Å². The normalized spacial score (nSPS) is 36.6. The standard InChI is InChI=1S/C17H35N7O/c18-17(25)16-15-13-23(15)11-9-21-6-5-19-3-4-20-7-8-22-12-14-2-1-10-24(14)16/h14-16,19-22H,1-13H2,(H2,18,25). The second-order valence-corrected chi connectivity index (χ2v) is 7.40. The van der Waals surface area contributed by atoms with Crippen LogP contribution in [0.4, 0.5) is 0 Å². The summed E-state index contributed by atoms with van der Waals surface area (Å²) in [5.41, 5.74) is 5.80. The number of rotatable bonds is 1. The molecule has 3 saturated heterocycles. The molecule has 0 aliphatic carbocycles. The van der Waals surface area contributed by atoms with Gasteiger partial charge in [0.25, 0.3) is 0 Å². The third-order valence-electron chi connectivity index (χ3n) is 5.58. The fourth-order valence-electron chi connectivity index (χ4n) is 4.16. The van der Waals surface area contributed by atoms with Gasteiger partial charge in [-0.3, -0.25) is 14.6 Å². The summed E-state index contributed by atoms with van der Waals surface area (Å²) < 4.78 is 0. The fourth-order valence-corrected chi connectivity index (χ4v) is 4.16. The van der Waals surface area contributed by atoms with Gasteiger partial charge in [-0.2, -0.15) is 0 Å². The zero-order valence-corrected chi connectivity index (χ0v) is 15.3. The van der Waals surface area contributed by atoms with Crippen molar-refractivity contribution in [1.82, 2.24) is 31.1 Å². The number of primary amides is 1. The molecule has 6 N–H and O–H groups in total. The summed E-state index contributed by atoms with van der Waals surface area (Å²) >= 11 is 0. The van der Waals surface area contributed by atoms with Crippen LogP contribution in [0.1, 0.15) is 12.8 Å². The number of fused-ring (bicyclic) bond motifs is 2. The van der Waals surface area contributed by atoms with Gasteiger partial charge >= 0.3 is 0 Å². The number of nitrogens with one attached hydrogen (secondary N) is 4. The number of hydrogen-bond acceptors (Lipinski definition) is 7. The zero-order chi connectivity index (χ0) is 17.5. The Balaban J connectivity index is 1.56. The maximum absolute atomic E-state index is 12.2. The van der Waals surface area contributed by atoms with Gasteiger partial charge in [0.05, 0.1) is 0 Å². The Kier molecular flexibility index (Phi) is 7.45. The van der Waals surface area contributed by atoms with Crippen LogP contribution in [0.25, 0.3) is 0 Å². The van der Waals surface area contributed by atoms with E-state index in [1.807, 2.05) is 0 Å². The Labute approximate surface area is 151 Å². The van der Waals surface area contributed by atoms with E-state index in [0.717, 1.165) is 84.8 Å². The van der Waals surface area contributed by atoms with Gasteiger partial charge in [-0.1, -0.05) is 0 Å². The summed E-state index contributed by atoms with van der Waals surface area (Å²) in [6.45, 7) is 10.8. The summed E-state index contributed by atoms with van der Waals surface area (Å²) in [5.74, 6) is -0.160. The molecule has 3 fully saturated rings. The van der Waals surface area contributed by atoms with E-state index in [1.54, 1.807) is 0 Å². The average molecular weight is 354 g/mol. The number of nitrogens with two attached hydrogens (primary N) is 1. The molecule has 8 heteroatoms. The molecule has 0 saturated carbocycles. The molecule has 0 radical (unpaired) electrons. The molecule has 25 heavy (non-hydrogen) atoms. The van der Waals surface area contributed by atoms with Crippen molar-refractivity contribution >= 4 is 5.91 Å². The van der Waals surface area contributed by atoms with Crippen LogP contribution in [0.2, 0.25) is 0 Å². The Hall–Kier alpha value is -0.770. The minimum Gasteiger partial charge on any atom is -0.368 e. The maximum Gasteiger partial charge on any atom is 0.236 e. The van der Waals surface area contributed by atoms with E-state index in [-0.39, 0.29) is 11.9 Å². The quantitative estimate of drug-likeness (QED) is 0.329. The summed E-state index contributed by atoms with van der Waals surface area (Å²) in [6.07, 6.45) is 2.32. The van der Waals surface area contributed by atoms with Gasteiger partial charge in [0.15, 0.2) is 0 Å². The Morgan fingerprint density at radius 1 is 0.880 bits per heavy atom. The monoisotopic (exact) mass is 353 g/mol. The lowest BCUT2D eigenvalue weighted by atomic mass is 10.1. The van der Waals surface area contributed by atoms with Crippen LogP contribution >= 0.6 is 0 Å². The highest BCUT2D eigenvalue weighted by molar-refractivity contribution is 5.81. The third-order valence-corrected chi connectivity index (χ3v) is 5.58. The van der Waals surface area contributed by atoms with Gasteiger partial charge in [0, 0.05) is 77.5 Å². The molecule has 0 aromatic rings. The summed E-state index contributed by atoms with van der Waals surface area (Å²) in [7, 11) is 0. The first-order valence-corrected chi connectivity index (χ1v) is 9.89. The van der Waals surface area contributed by atoms with Gasteiger partial charge in [-0.05, 0) is 19.4 Å². The van der Waals surface area contributed by atoms with Gasteiger partial charge in [0.2, 0.25) is 5.91 Å². The molecule has 0 spiro atoms. The van der Waals surface area contributed by atoms with Crippen LogP contribution in [-0.2, 0) is 4.79 Å². The molecule has 0 aromatic carbocycles. The molecule has 4 unspecified atom stereocenters. The van der Waals surface area contributed by atoms with Gasteiger partial charge in [-0.15, -0.1) is 0 Å². The first kappa shape index (κ1) is 19.0. The van der Waals surface area contributed by atoms with Gasteiger partial charge in [0.1, 0.15) is 6.04 Å². The van der Waals surface area contributed by atoms with E-state index in [4.69, 9.17) is 5.73 Å². The molecule has 4 atom stereocenters. The van der Waals surface area contributed by atoms with E-state index >= 15 is 0 Å². The molecular weight excluding hydrogens is 318 g/mol. The Bertz CT molecular complexity index is 422. The highest BCUT2D eigenvalue weighted by Crippen LogP contribution is 2.29. The molecule has 144 valence electrons. The Morgan fingerprint density at radius 3 is 2.20 bits per heavy atom. The summed E-state index contributed by atoms with van der Waals surface area (Å²) in [6, 6.07) is 0.602. The van der Waals surface area contributed by atoms with Crippen molar-refractivity contribution < 1.29 is 4.79 Å². The second kappa shape index (κ2) is 9.80. The van der Waals surface area contributed by atoms with Crippen molar-refractivity contribution in [1.29, 1.82) is 0 Å². The molecule has 1 amide bonds. The van der Waals surface area contributed by atoms with E-state index in [9.17, 15) is 4.79 Å². The largest absolute Gasteiger partial charge is 0.368 e. The fraction of sp³-hybridized carbons (Fsp3) is 0.941. The number of hydrogen-bond donors (Lipinski definition) is 5. The Morgan fingerprint density at radius 2 is 1.52 bits per heavy atom. The predicted molar refractivity (Wildman–Crippen MR) is 99.6 cm³/mol. The summed E-state index contributed by atoms with van der Waals surface area (Å²) in [5, 5.41) is 13.9. The molecule has 0 bridgehead atoms. The average Bonchev–Trinajstić information content (AvgIpc) is 3.18. The van der Waals surface area contributed by atoms with Gasteiger partial charge < -0.3 is 27.0 Å². The van der Waals surface area contributed by atoms with Crippen molar-refractivity contribution in [3.8, 4) is 0 Å². The van der Waals surface area contributed by atoms with E-state index < -0.39 is 0 Å². The van der Waals surface area contributed by atoms with Crippen molar-refractivity contribution in [2.45, 2.75) is 31.0 Å². The smallest absolute Gasteiger partial charge is 0.236 e. The van der Waals surface area contributed by atoms with E-state index in [1.165, 1.54) is 0 Å². The van der Waals surface area contributed by atoms with Crippen LogP contribution in [0, 0.1) is 0 Å². The first-order chi connectivity index (χ1) is 12.3. The molecule has 3 rings (SSSR count). The minimum atomic E-state index is -0.160. The lowest BCUT2D eigenvalue weighted by molar-refractivity contribution is -0.123. The molecule has 3 aliphatic heterocycles. The minimum absolute atomic E-state index is 0.132. The van der Waals surface area contributed by atoms with Crippen LogP contribution in [0.3, 0.4) is 0 Å². The summed E-state index contributed by atoms with van der Waals surface area (Å²) in [4.78, 5) is 16.9. The van der Waals surface area contributed by atoms with Crippen molar-refractivity contribution in [3.63, 3.8) is 0 Å². The van der Waals surface area contributed by atoms with E-state index in [0.29, 0.717) is 12.1 Å². The molecule has 8 nitrogen and oxygen atoms in total. The topological polar surface area (TPSA) is 97.5 Å². The first-order valence-electron chi connectivity index (χ1n) is 9.89. The molecular formula is C17H35N7O. The second-order valence-electron chi connectivity index (χ2n) is 7.40. The zero-order valence-electron chi connectivity index (χ0n) is 15.3. The lowest BCUT2D eigenvalue weighted by Gasteiger charge is -2.31. The van der Waals surface area contributed by atoms with Crippen LogP contribution in [-0.4, -0.2) is 106 Å². The van der Waals surface area contributed by atoms with Crippen LogP contribution in [0.5, 0.6) is 0 Å². The van der Waals surface area contributed by atoms with E-state index in [2.05, 4.69) is 31.1 Å². The number of carbonyl (C=O) groups is 1. The SMILES string of the molecule is NC(=O)C1C2CN2CCNCCNCCNCCNCC2CCCN21. The number of amides is 1. The molecule has 3 aliphatic rings. The highest BCUT2D eigenvalue weighted by atomic mass is 16.1.